The first-order valence-electron chi connectivity index (χ1n) is 8.32. The maximum Gasteiger partial charge on any atom is 0.259 e. The van der Waals surface area contributed by atoms with Crippen LogP contribution in [0.3, 0.4) is 0 Å². The molecule has 0 fully saturated rings. The third kappa shape index (κ3) is 4.05. The van der Waals surface area contributed by atoms with Crippen molar-refractivity contribution in [2.24, 2.45) is 0 Å². The van der Waals surface area contributed by atoms with E-state index in [1.54, 1.807) is 35.0 Å². The Bertz CT molecular complexity index is 881. The molecule has 0 aromatic carbocycles. The molecule has 1 aliphatic carbocycles. The zero-order valence-corrected chi connectivity index (χ0v) is 15.8. The van der Waals surface area contributed by atoms with Gasteiger partial charge in [0, 0.05) is 30.6 Å². The Morgan fingerprint density at radius 2 is 2.32 bits per heavy atom. The molecule has 0 radical (unpaired) electrons. The number of aromatic nitrogens is 2. The molecular formula is C17H20N4O2S2. The fourth-order valence-corrected chi connectivity index (χ4v) is 5.05. The number of fused-ring (bicyclic) bond motifs is 3. The molecule has 1 aliphatic rings. The minimum Gasteiger partial charge on any atom is -0.345 e. The number of hydrogen-bond donors (Lipinski definition) is 1. The van der Waals surface area contributed by atoms with E-state index >= 15 is 0 Å². The number of nitriles is 1. The molecule has 0 saturated heterocycles. The number of aromatic amines is 1. The fraction of sp³-hybridized carbons (Fsp3) is 0.529. The van der Waals surface area contributed by atoms with Crippen LogP contribution in [0.1, 0.15) is 35.5 Å². The Balaban J connectivity index is 1.55. The molecular weight excluding hydrogens is 356 g/mol. The summed E-state index contributed by atoms with van der Waals surface area (Å²) in [5, 5.41) is 9.32. The van der Waals surface area contributed by atoms with Crippen LogP contribution in [-0.4, -0.2) is 40.1 Å². The van der Waals surface area contributed by atoms with Crippen molar-refractivity contribution in [3.05, 3.63) is 26.6 Å². The smallest absolute Gasteiger partial charge is 0.259 e. The molecule has 6 nitrogen and oxygen atoms in total. The van der Waals surface area contributed by atoms with E-state index in [2.05, 4.69) is 9.97 Å². The number of thiophene rings is 1. The van der Waals surface area contributed by atoms with E-state index in [1.165, 1.54) is 10.4 Å². The first-order valence-corrected chi connectivity index (χ1v) is 10.3. The maximum atomic E-state index is 12.4. The van der Waals surface area contributed by atoms with E-state index < -0.39 is 0 Å². The predicted octanol–water partition coefficient (Wildman–Crippen LogP) is 2.47. The van der Waals surface area contributed by atoms with Crippen LogP contribution >= 0.6 is 23.1 Å². The van der Waals surface area contributed by atoms with E-state index in [1.807, 2.05) is 6.07 Å². The average molecular weight is 377 g/mol. The number of amides is 1. The van der Waals surface area contributed by atoms with Crippen LogP contribution in [0.4, 0.5) is 0 Å². The summed E-state index contributed by atoms with van der Waals surface area (Å²) >= 11 is 3.23. The lowest BCUT2D eigenvalue weighted by molar-refractivity contribution is -0.129. The van der Waals surface area contributed by atoms with Crippen molar-refractivity contribution in [2.75, 3.05) is 19.3 Å². The molecule has 0 bridgehead atoms. The van der Waals surface area contributed by atoms with Crippen molar-refractivity contribution in [1.82, 2.24) is 14.9 Å². The molecule has 3 rings (SSSR count). The number of rotatable bonds is 7. The summed E-state index contributed by atoms with van der Waals surface area (Å²) in [6.07, 6.45) is 3.94. The number of H-pyrrole nitrogens is 1. The van der Waals surface area contributed by atoms with Crippen LogP contribution in [-0.2, 0) is 23.4 Å². The van der Waals surface area contributed by atoms with Gasteiger partial charge in [-0.2, -0.15) is 17.0 Å². The Labute approximate surface area is 154 Å². The summed E-state index contributed by atoms with van der Waals surface area (Å²) in [4.78, 5) is 35.5. The van der Waals surface area contributed by atoms with E-state index in [0.717, 1.165) is 29.5 Å². The molecule has 0 unspecified atom stereocenters. The van der Waals surface area contributed by atoms with E-state index in [4.69, 9.17) is 5.26 Å². The van der Waals surface area contributed by atoms with Crippen molar-refractivity contribution in [3.63, 3.8) is 0 Å². The molecule has 2 aromatic heterocycles. The van der Waals surface area contributed by atoms with Crippen molar-refractivity contribution < 1.29 is 4.79 Å². The maximum absolute atomic E-state index is 12.4. The molecule has 1 N–H and O–H groups in total. The first-order chi connectivity index (χ1) is 12.1. The summed E-state index contributed by atoms with van der Waals surface area (Å²) in [6, 6.07) is 2.04. The van der Waals surface area contributed by atoms with Gasteiger partial charge in [-0.3, -0.25) is 9.59 Å². The minimum atomic E-state index is -0.0349. The van der Waals surface area contributed by atoms with Crippen LogP contribution in [0, 0.1) is 11.3 Å². The lowest BCUT2D eigenvalue weighted by Gasteiger charge is -2.14. The van der Waals surface area contributed by atoms with Gasteiger partial charge in [0.25, 0.3) is 5.56 Å². The molecule has 8 heteroatoms. The number of nitrogens with one attached hydrogen (secondary N) is 1. The van der Waals surface area contributed by atoms with Gasteiger partial charge in [-0.15, -0.1) is 11.3 Å². The Kier molecular flexibility index (Phi) is 5.76. The summed E-state index contributed by atoms with van der Waals surface area (Å²) in [7, 11) is 1.72. The minimum absolute atomic E-state index is 0.0349. The van der Waals surface area contributed by atoms with Gasteiger partial charge in [0.05, 0.1) is 23.6 Å². The van der Waals surface area contributed by atoms with Crippen LogP contribution < -0.4 is 5.56 Å². The van der Waals surface area contributed by atoms with Gasteiger partial charge in [-0.05, 0) is 24.8 Å². The highest BCUT2D eigenvalue weighted by atomic mass is 32.2. The number of aryl methyl sites for hydroxylation is 2. The predicted molar refractivity (Wildman–Crippen MR) is 101 cm³/mol. The SMILES string of the molecule is CN(CCC#N)C(=O)CCSCc1nc2sc3c(c2c(=O)[nH]1)CCC3. The Morgan fingerprint density at radius 3 is 3.12 bits per heavy atom. The monoisotopic (exact) mass is 376 g/mol. The topological polar surface area (TPSA) is 89.8 Å². The number of nitrogens with zero attached hydrogens (tertiary/aromatic N) is 3. The molecule has 25 heavy (non-hydrogen) atoms. The molecule has 2 aromatic rings. The normalized spacial score (nSPS) is 13.0. The van der Waals surface area contributed by atoms with E-state index in [-0.39, 0.29) is 11.5 Å². The van der Waals surface area contributed by atoms with Crippen LogP contribution in [0.25, 0.3) is 10.2 Å². The lowest BCUT2D eigenvalue weighted by Crippen LogP contribution is -2.27. The third-order valence-electron chi connectivity index (χ3n) is 4.31. The summed E-state index contributed by atoms with van der Waals surface area (Å²) in [5.41, 5.74) is 1.16. The fourth-order valence-electron chi connectivity index (χ4n) is 2.98. The Morgan fingerprint density at radius 1 is 1.48 bits per heavy atom. The van der Waals surface area contributed by atoms with Gasteiger partial charge in [0.2, 0.25) is 5.91 Å². The number of carbonyl (C=O) groups is 1. The molecule has 0 aliphatic heterocycles. The van der Waals surface area contributed by atoms with Gasteiger partial charge in [0.15, 0.2) is 0 Å². The molecule has 0 spiro atoms. The third-order valence-corrected chi connectivity index (χ3v) is 6.46. The van der Waals surface area contributed by atoms with Gasteiger partial charge in [-0.1, -0.05) is 0 Å². The van der Waals surface area contributed by atoms with E-state index in [9.17, 15) is 9.59 Å². The van der Waals surface area contributed by atoms with Gasteiger partial charge in [-0.25, -0.2) is 4.98 Å². The van der Waals surface area contributed by atoms with Crippen LogP contribution in [0.5, 0.6) is 0 Å². The standard InChI is InChI=1S/C17H20N4O2S2/c1-21(8-3-7-18)14(22)6-9-24-10-13-19-16(23)15-11-4-2-5-12(11)25-17(15)20-13/h2-6,8-10H2,1H3,(H,19,20,23). The van der Waals surface area contributed by atoms with Gasteiger partial charge in [0.1, 0.15) is 10.7 Å². The van der Waals surface area contributed by atoms with E-state index in [0.29, 0.717) is 36.7 Å². The highest BCUT2D eigenvalue weighted by Gasteiger charge is 2.21. The molecule has 1 amide bonds. The number of carbonyl (C=O) groups excluding carboxylic acids is 1. The highest BCUT2D eigenvalue weighted by Crippen LogP contribution is 2.34. The van der Waals surface area contributed by atoms with Gasteiger partial charge < -0.3 is 9.88 Å². The van der Waals surface area contributed by atoms with Gasteiger partial charge >= 0.3 is 0 Å². The second-order valence-corrected chi connectivity index (χ2v) is 8.26. The number of hydrogen-bond acceptors (Lipinski definition) is 6. The average Bonchev–Trinajstić information content (AvgIpc) is 3.16. The van der Waals surface area contributed by atoms with Crippen LogP contribution in [0.15, 0.2) is 4.79 Å². The molecule has 0 atom stereocenters. The largest absolute Gasteiger partial charge is 0.345 e. The molecule has 2 heterocycles. The van der Waals surface area contributed by atoms with Crippen LogP contribution in [0.2, 0.25) is 0 Å². The summed E-state index contributed by atoms with van der Waals surface area (Å²) in [5.74, 6) is 1.96. The lowest BCUT2D eigenvalue weighted by atomic mass is 10.2. The van der Waals surface area contributed by atoms with Crippen molar-refractivity contribution in [2.45, 2.75) is 37.9 Å². The molecule has 132 valence electrons. The van der Waals surface area contributed by atoms with Crippen molar-refractivity contribution >= 4 is 39.2 Å². The first kappa shape index (κ1) is 18.0. The zero-order chi connectivity index (χ0) is 17.8. The summed E-state index contributed by atoms with van der Waals surface area (Å²) < 4.78 is 0. The quantitative estimate of drug-likeness (QED) is 0.750. The number of thioether (sulfide) groups is 1. The molecule has 0 saturated carbocycles. The van der Waals surface area contributed by atoms with Crippen molar-refractivity contribution in [1.29, 1.82) is 5.26 Å². The second kappa shape index (κ2) is 8.02. The van der Waals surface area contributed by atoms with Crippen molar-refractivity contribution in [3.8, 4) is 6.07 Å². The highest BCUT2D eigenvalue weighted by molar-refractivity contribution is 7.98. The second-order valence-electron chi connectivity index (χ2n) is 6.08. The Hall–Kier alpha value is -1.85. The summed E-state index contributed by atoms with van der Waals surface area (Å²) in [6.45, 7) is 0.467. The zero-order valence-electron chi connectivity index (χ0n) is 14.1.